The summed E-state index contributed by atoms with van der Waals surface area (Å²) in [5.74, 6) is 3.13. The molecule has 2 aromatic heterocycles. The van der Waals surface area contributed by atoms with E-state index in [2.05, 4.69) is 28.8 Å². The molecule has 0 spiro atoms. The average Bonchev–Trinajstić information content (AvgIpc) is 3.18. The maximum Gasteiger partial charge on any atom is 0.358 e. The van der Waals surface area contributed by atoms with Crippen molar-refractivity contribution in [3.05, 3.63) is 40.8 Å². The molecule has 1 saturated heterocycles. The fraction of sp³-hybridized carbons (Fsp3) is 0.625. The monoisotopic (exact) mass is 476 g/mol. The van der Waals surface area contributed by atoms with Gasteiger partial charge in [-0.25, -0.2) is 24.5 Å². The fourth-order valence-corrected chi connectivity index (χ4v) is 4.87. The van der Waals surface area contributed by atoms with Gasteiger partial charge in [-0.2, -0.15) is 5.10 Å². The summed E-state index contributed by atoms with van der Waals surface area (Å²) in [6.07, 6.45) is 8.61. The van der Waals surface area contributed by atoms with Gasteiger partial charge in [0.15, 0.2) is 5.69 Å². The highest BCUT2D eigenvalue weighted by molar-refractivity contribution is 8.32. The molecule has 3 heterocycles. The van der Waals surface area contributed by atoms with Crippen molar-refractivity contribution in [2.75, 3.05) is 55.7 Å². The van der Waals surface area contributed by atoms with E-state index in [9.17, 15) is 9.90 Å². The van der Waals surface area contributed by atoms with Crippen LogP contribution in [0.25, 0.3) is 0 Å². The number of hydrogen-bond acceptors (Lipinski definition) is 7. The van der Waals surface area contributed by atoms with Crippen LogP contribution < -0.4 is 4.90 Å². The van der Waals surface area contributed by atoms with E-state index in [1.54, 1.807) is 17.7 Å². The van der Waals surface area contributed by atoms with E-state index in [1.165, 1.54) is 6.42 Å². The third-order valence-corrected chi connectivity index (χ3v) is 7.67. The molecule has 2 aromatic rings. The Kier molecular flexibility index (Phi) is 7.31. The molecule has 1 aliphatic heterocycles. The van der Waals surface area contributed by atoms with Gasteiger partial charge in [0.2, 0.25) is 0 Å². The van der Waals surface area contributed by atoms with Gasteiger partial charge in [0.05, 0.1) is 25.5 Å². The molecule has 0 aromatic carbocycles. The molecule has 2 fully saturated rings. The molecule has 9 heteroatoms. The summed E-state index contributed by atoms with van der Waals surface area (Å²) < 4.78 is 12.7. The summed E-state index contributed by atoms with van der Waals surface area (Å²) >= 11 is 0. The van der Waals surface area contributed by atoms with Crippen molar-refractivity contribution in [3.8, 4) is 0 Å². The maximum atomic E-state index is 12.3. The number of anilines is 1. The van der Waals surface area contributed by atoms with Gasteiger partial charge < -0.3 is 19.5 Å². The maximum absolute atomic E-state index is 12.3. The number of aliphatic hydroxyl groups is 1. The average molecular weight is 477 g/mol. The molecule has 8 nitrogen and oxygen atoms in total. The Labute approximate surface area is 197 Å². The third kappa shape index (κ3) is 6.07. The van der Waals surface area contributed by atoms with Gasteiger partial charge in [-0.05, 0) is 61.6 Å². The second-order valence-corrected chi connectivity index (χ2v) is 14.4. The zero-order valence-corrected chi connectivity index (χ0v) is 20.9. The molecule has 1 N–H and O–H groups in total. The lowest BCUT2D eigenvalue weighted by molar-refractivity contribution is 0.0511. The smallest absolute Gasteiger partial charge is 0.358 e. The number of piperidine rings is 1. The SMILES string of the molecule is CCOC(=O)c1cc(Cc2ccc(N3CC4CC4C3)nc2CO)n(COCCS(C)(C)C)n1. The van der Waals surface area contributed by atoms with Crippen LogP contribution in [0.15, 0.2) is 18.2 Å². The summed E-state index contributed by atoms with van der Waals surface area (Å²) in [5, 5.41) is 14.4. The van der Waals surface area contributed by atoms with Crippen LogP contribution in [0.1, 0.15) is 40.8 Å². The first-order valence-electron chi connectivity index (χ1n) is 11.6. The molecule has 0 bridgehead atoms. The summed E-state index contributed by atoms with van der Waals surface area (Å²) in [7, 11) is -0.643. The topological polar surface area (TPSA) is 89.7 Å². The number of carbonyl (C=O) groups excluding carboxylic acids is 1. The molecule has 2 unspecified atom stereocenters. The Morgan fingerprint density at radius 2 is 2.00 bits per heavy atom. The van der Waals surface area contributed by atoms with Gasteiger partial charge in [-0.3, -0.25) is 0 Å². The molecule has 4 rings (SSSR count). The molecular formula is C24H36N4O4S. The van der Waals surface area contributed by atoms with Crippen LogP contribution in [-0.4, -0.2) is 76.7 Å². The van der Waals surface area contributed by atoms with Crippen molar-refractivity contribution in [1.29, 1.82) is 0 Å². The summed E-state index contributed by atoms with van der Waals surface area (Å²) in [5.41, 5.74) is 2.67. The number of esters is 1. The van der Waals surface area contributed by atoms with Crippen LogP contribution in [0.5, 0.6) is 0 Å². The van der Waals surface area contributed by atoms with Crippen LogP contribution in [0.2, 0.25) is 0 Å². The number of hydrogen-bond donors (Lipinski definition) is 1. The minimum Gasteiger partial charge on any atom is -0.461 e. The van der Waals surface area contributed by atoms with Crippen molar-refractivity contribution in [1.82, 2.24) is 14.8 Å². The van der Waals surface area contributed by atoms with E-state index in [-0.39, 0.29) is 19.0 Å². The highest BCUT2D eigenvalue weighted by Crippen LogP contribution is 2.46. The first-order chi connectivity index (χ1) is 15.8. The molecule has 33 heavy (non-hydrogen) atoms. The second-order valence-electron chi connectivity index (χ2n) is 9.84. The van der Waals surface area contributed by atoms with Crippen LogP contribution in [-0.2, 0) is 29.2 Å². The standard InChI is InChI=1S/C24H36N4O4S/c1-5-32-24(30)21-12-20(28(26-21)16-31-8-9-33(2,3)4)11-17-6-7-23(25-22(17)15-29)27-13-18-10-19(18)14-27/h6-7,12,18-19,29H,5,8-11,13-16H2,1-4H3. The van der Waals surface area contributed by atoms with Crippen molar-refractivity contribution in [2.24, 2.45) is 11.8 Å². The van der Waals surface area contributed by atoms with Crippen molar-refractivity contribution in [3.63, 3.8) is 0 Å². The third-order valence-electron chi connectivity index (χ3n) is 6.28. The highest BCUT2D eigenvalue weighted by Gasteiger charge is 2.45. The molecule has 1 saturated carbocycles. The Morgan fingerprint density at radius 1 is 1.24 bits per heavy atom. The Hall–Kier alpha value is -2.10. The minimum absolute atomic E-state index is 0.131. The van der Waals surface area contributed by atoms with Crippen molar-refractivity contribution in [2.45, 2.75) is 33.1 Å². The molecular weight excluding hydrogens is 440 g/mol. The number of fused-ring (bicyclic) bond motifs is 1. The minimum atomic E-state index is -0.643. The molecule has 1 aliphatic carbocycles. The number of aromatic nitrogens is 3. The van der Waals surface area contributed by atoms with Gasteiger partial charge in [-0.1, -0.05) is 6.07 Å². The number of nitrogens with zero attached hydrogens (tertiary/aromatic N) is 4. The first kappa shape index (κ1) is 24.0. The van der Waals surface area contributed by atoms with Crippen LogP contribution in [0, 0.1) is 11.8 Å². The van der Waals surface area contributed by atoms with Crippen molar-refractivity contribution < 1.29 is 19.4 Å². The largest absolute Gasteiger partial charge is 0.461 e. The zero-order valence-electron chi connectivity index (χ0n) is 20.1. The Balaban J connectivity index is 1.50. The fourth-order valence-electron chi connectivity index (χ4n) is 4.25. The zero-order chi connectivity index (χ0) is 23.6. The predicted molar refractivity (Wildman–Crippen MR) is 131 cm³/mol. The van der Waals surface area contributed by atoms with E-state index in [0.29, 0.717) is 25.3 Å². The first-order valence-corrected chi connectivity index (χ1v) is 14.6. The van der Waals surface area contributed by atoms with Gasteiger partial charge >= 0.3 is 5.97 Å². The van der Waals surface area contributed by atoms with Gasteiger partial charge in [0.1, 0.15) is 12.5 Å². The van der Waals surface area contributed by atoms with E-state index < -0.39 is 16.0 Å². The van der Waals surface area contributed by atoms with E-state index in [0.717, 1.165) is 47.8 Å². The van der Waals surface area contributed by atoms with Gasteiger partial charge in [0.25, 0.3) is 0 Å². The molecule has 2 aliphatic rings. The van der Waals surface area contributed by atoms with Crippen LogP contribution in [0.3, 0.4) is 0 Å². The van der Waals surface area contributed by atoms with Crippen LogP contribution in [0.4, 0.5) is 5.82 Å². The number of ether oxygens (including phenoxy) is 2. The van der Waals surface area contributed by atoms with Gasteiger partial charge in [-0.15, -0.1) is 0 Å². The summed E-state index contributed by atoms with van der Waals surface area (Å²) in [6, 6.07) is 5.82. The van der Waals surface area contributed by atoms with Crippen LogP contribution >= 0.6 is 10.0 Å². The molecule has 0 amide bonds. The van der Waals surface area contributed by atoms with Gasteiger partial charge in [0, 0.05) is 31.0 Å². The number of pyridine rings is 1. The molecule has 182 valence electrons. The predicted octanol–water partition coefficient (Wildman–Crippen LogP) is 2.66. The number of rotatable bonds is 11. The summed E-state index contributed by atoms with van der Waals surface area (Å²) in [4.78, 5) is 19.3. The normalized spacial score (nSPS) is 20.1. The highest BCUT2D eigenvalue weighted by atomic mass is 32.3. The van der Waals surface area contributed by atoms with Crippen molar-refractivity contribution >= 4 is 21.8 Å². The van der Waals surface area contributed by atoms with E-state index in [4.69, 9.17) is 14.5 Å². The molecule has 2 atom stereocenters. The lowest BCUT2D eigenvalue weighted by Crippen LogP contribution is -2.23. The van der Waals surface area contributed by atoms with E-state index >= 15 is 0 Å². The Morgan fingerprint density at radius 3 is 2.67 bits per heavy atom. The Bertz CT molecular complexity index is 977. The quantitative estimate of drug-likeness (QED) is 0.394. The summed E-state index contributed by atoms with van der Waals surface area (Å²) in [6.45, 7) is 4.97. The number of carbonyl (C=O) groups is 1. The molecule has 0 radical (unpaired) electrons. The lowest BCUT2D eigenvalue weighted by atomic mass is 10.1. The lowest BCUT2D eigenvalue weighted by Gasteiger charge is -2.24. The number of aliphatic hydroxyl groups excluding tert-OH is 1. The van der Waals surface area contributed by atoms with E-state index in [1.807, 2.05) is 12.1 Å². The second kappa shape index (κ2) is 10.0.